The van der Waals surface area contributed by atoms with Crippen molar-refractivity contribution in [2.45, 2.75) is 46.1 Å². The van der Waals surface area contributed by atoms with Crippen molar-refractivity contribution in [2.24, 2.45) is 5.73 Å². The molecule has 114 valence electrons. The number of hydrogen-bond acceptors (Lipinski definition) is 3. The van der Waals surface area contributed by atoms with Gasteiger partial charge in [-0.3, -0.25) is 0 Å². The Balaban J connectivity index is 2.58. The second-order valence-electron chi connectivity index (χ2n) is 5.21. The summed E-state index contributed by atoms with van der Waals surface area (Å²) in [6, 6.07) is 4.27. The van der Waals surface area contributed by atoms with E-state index in [0.29, 0.717) is 13.2 Å². The molecule has 1 rings (SSSR count). The molecule has 20 heavy (non-hydrogen) atoms. The fourth-order valence-corrected chi connectivity index (χ4v) is 2.68. The lowest BCUT2D eigenvalue weighted by molar-refractivity contribution is 0.0975. The number of rotatable bonds is 9. The largest absolute Gasteiger partial charge is 0.491 e. The van der Waals surface area contributed by atoms with Crippen molar-refractivity contribution < 1.29 is 9.47 Å². The minimum atomic E-state index is 0.117. The Morgan fingerprint density at radius 3 is 2.65 bits per heavy atom. The van der Waals surface area contributed by atoms with Gasteiger partial charge in [0.25, 0.3) is 0 Å². The molecule has 3 nitrogen and oxygen atoms in total. The third kappa shape index (κ3) is 6.25. The maximum absolute atomic E-state index is 5.91. The van der Waals surface area contributed by atoms with Gasteiger partial charge in [0.05, 0.1) is 6.61 Å². The first-order valence-electron chi connectivity index (χ1n) is 7.29. The van der Waals surface area contributed by atoms with E-state index in [1.807, 2.05) is 6.92 Å². The second kappa shape index (κ2) is 9.37. The van der Waals surface area contributed by atoms with Crippen molar-refractivity contribution in [3.05, 3.63) is 27.7 Å². The van der Waals surface area contributed by atoms with Gasteiger partial charge >= 0.3 is 0 Å². The van der Waals surface area contributed by atoms with Crippen LogP contribution in [-0.4, -0.2) is 25.9 Å². The van der Waals surface area contributed by atoms with Crippen LogP contribution in [0.4, 0.5) is 0 Å². The van der Waals surface area contributed by atoms with Crippen LogP contribution in [0.25, 0.3) is 0 Å². The Labute approximate surface area is 131 Å². The van der Waals surface area contributed by atoms with E-state index in [4.69, 9.17) is 15.2 Å². The van der Waals surface area contributed by atoms with Crippen molar-refractivity contribution in [1.82, 2.24) is 0 Å². The molecule has 1 unspecified atom stereocenters. The average molecular weight is 344 g/mol. The lowest BCUT2D eigenvalue weighted by Crippen LogP contribution is -2.19. The number of nitrogens with two attached hydrogens (primary N) is 1. The van der Waals surface area contributed by atoms with Crippen LogP contribution in [0.15, 0.2) is 16.6 Å². The van der Waals surface area contributed by atoms with E-state index in [-0.39, 0.29) is 6.04 Å². The smallest absolute Gasteiger partial charge is 0.125 e. The topological polar surface area (TPSA) is 44.5 Å². The van der Waals surface area contributed by atoms with E-state index in [1.54, 1.807) is 0 Å². The maximum Gasteiger partial charge on any atom is 0.125 e. The summed E-state index contributed by atoms with van der Waals surface area (Å²) < 4.78 is 12.5. The zero-order valence-corrected chi connectivity index (χ0v) is 14.3. The van der Waals surface area contributed by atoms with Crippen LogP contribution in [0.2, 0.25) is 0 Å². The van der Waals surface area contributed by atoms with Crippen molar-refractivity contribution in [2.75, 3.05) is 19.8 Å². The molecule has 1 aromatic rings. The van der Waals surface area contributed by atoms with Gasteiger partial charge < -0.3 is 15.2 Å². The van der Waals surface area contributed by atoms with Gasteiger partial charge in [-0.2, -0.15) is 0 Å². The summed E-state index contributed by atoms with van der Waals surface area (Å²) in [5.41, 5.74) is 8.19. The number of ether oxygens (including phenoxy) is 2. The summed E-state index contributed by atoms with van der Waals surface area (Å²) in [4.78, 5) is 0. The molecule has 0 spiro atoms. The van der Waals surface area contributed by atoms with Crippen LogP contribution in [0, 0.1) is 6.92 Å². The van der Waals surface area contributed by atoms with Gasteiger partial charge in [-0.05, 0) is 49.9 Å². The SMILES string of the molecule is CCCCOCCOc1c(C)cc(Br)cc1CC(C)N. The number of hydrogen-bond donors (Lipinski definition) is 1. The maximum atomic E-state index is 5.91. The summed E-state index contributed by atoms with van der Waals surface area (Å²) in [7, 11) is 0. The number of aryl methyl sites for hydroxylation is 1. The molecule has 0 aliphatic carbocycles. The molecule has 4 heteroatoms. The summed E-state index contributed by atoms with van der Waals surface area (Å²) >= 11 is 3.53. The standard InChI is InChI=1S/C16H26BrNO2/c1-4-5-6-19-7-8-20-16-12(2)9-15(17)11-14(16)10-13(3)18/h9,11,13H,4-8,10,18H2,1-3H3. The highest BCUT2D eigenvalue weighted by molar-refractivity contribution is 9.10. The fourth-order valence-electron chi connectivity index (χ4n) is 2.06. The van der Waals surface area contributed by atoms with E-state index in [1.165, 1.54) is 0 Å². The van der Waals surface area contributed by atoms with Crippen molar-refractivity contribution in [3.8, 4) is 5.75 Å². The minimum Gasteiger partial charge on any atom is -0.491 e. The van der Waals surface area contributed by atoms with Crippen LogP contribution in [0.3, 0.4) is 0 Å². The molecule has 0 fully saturated rings. The van der Waals surface area contributed by atoms with Gasteiger partial charge in [-0.1, -0.05) is 29.3 Å². The highest BCUT2D eigenvalue weighted by Gasteiger charge is 2.10. The molecule has 1 atom stereocenters. The molecule has 0 saturated carbocycles. The Kier molecular flexibility index (Phi) is 8.19. The van der Waals surface area contributed by atoms with Gasteiger partial charge in [0, 0.05) is 17.1 Å². The first kappa shape index (κ1) is 17.5. The lowest BCUT2D eigenvalue weighted by Gasteiger charge is -2.16. The third-order valence-corrected chi connectivity index (χ3v) is 3.43. The molecular formula is C16H26BrNO2. The van der Waals surface area contributed by atoms with Crippen LogP contribution in [0.1, 0.15) is 37.8 Å². The van der Waals surface area contributed by atoms with Crippen LogP contribution >= 0.6 is 15.9 Å². The predicted octanol–water partition coefficient (Wildman–Crippen LogP) is 3.84. The van der Waals surface area contributed by atoms with E-state index < -0.39 is 0 Å². The highest BCUT2D eigenvalue weighted by Crippen LogP contribution is 2.29. The van der Waals surface area contributed by atoms with E-state index in [9.17, 15) is 0 Å². The molecule has 0 saturated heterocycles. The summed E-state index contributed by atoms with van der Waals surface area (Å²) in [5, 5.41) is 0. The van der Waals surface area contributed by atoms with Gasteiger partial charge in [0.2, 0.25) is 0 Å². The number of halogens is 1. The monoisotopic (exact) mass is 343 g/mol. The van der Waals surface area contributed by atoms with Crippen molar-refractivity contribution >= 4 is 15.9 Å². The molecule has 0 bridgehead atoms. The molecule has 0 aliphatic heterocycles. The first-order valence-corrected chi connectivity index (χ1v) is 8.09. The summed E-state index contributed by atoms with van der Waals surface area (Å²) in [6.45, 7) is 8.25. The zero-order chi connectivity index (χ0) is 15.0. The lowest BCUT2D eigenvalue weighted by atomic mass is 10.0. The third-order valence-electron chi connectivity index (χ3n) is 2.97. The zero-order valence-electron chi connectivity index (χ0n) is 12.7. The fraction of sp³-hybridized carbons (Fsp3) is 0.625. The number of unbranched alkanes of at least 4 members (excludes halogenated alkanes) is 1. The Morgan fingerprint density at radius 2 is 2.00 bits per heavy atom. The van der Waals surface area contributed by atoms with E-state index in [2.05, 4.69) is 41.9 Å². The minimum absolute atomic E-state index is 0.117. The normalized spacial score (nSPS) is 12.4. The molecule has 1 aromatic carbocycles. The van der Waals surface area contributed by atoms with Gasteiger partial charge in [-0.25, -0.2) is 0 Å². The molecule has 0 radical (unpaired) electrons. The van der Waals surface area contributed by atoms with Crippen molar-refractivity contribution in [1.29, 1.82) is 0 Å². The second-order valence-corrected chi connectivity index (χ2v) is 6.12. The molecule has 0 aliphatic rings. The molecule has 0 heterocycles. The quantitative estimate of drug-likeness (QED) is 0.692. The van der Waals surface area contributed by atoms with Gasteiger partial charge in [0.1, 0.15) is 12.4 Å². The highest BCUT2D eigenvalue weighted by atomic mass is 79.9. The van der Waals surface area contributed by atoms with Crippen LogP contribution in [0.5, 0.6) is 5.75 Å². The molecule has 2 N–H and O–H groups in total. The molecule has 0 amide bonds. The van der Waals surface area contributed by atoms with Gasteiger partial charge in [-0.15, -0.1) is 0 Å². The van der Waals surface area contributed by atoms with Gasteiger partial charge in [0.15, 0.2) is 0 Å². The van der Waals surface area contributed by atoms with E-state index in [0.717, 1.165) is 47.2 Å². The first-order chi connectivity index (χ1) is 9.54. The number of benzene rings is 1. The molecular weight excluding hydrogens is 318 g/mol. The molecule has 0 aromatic heterocycles. The summed E-state index contributed by atoms with van der Waals surface area (Å²) in [5.74, 6) is 0.949. The Bertz CT molecular complexity index is 408. The Hall–Kier alpha value is -0.580. The Morgan fingerprint density at radius 1 is 1.25 bits per heavy atom. The van der Waals surface area contributed by atoms with Crippen LogP contribution in [-0.2, 0) is 11.2 Å². The predicted molar refractivity (Wildman–Crippen MR) is 87.5 cm³/mol. The summed E-state index contributed by atoms with van der Waals surface area (Å²) in [6.07, 6.45) is 3.07. The van der Waals surface area contributed by atoms with Crippen molar-refractivity contribution in [3.63, 3.8) is 0 Å². The van der Waals surface area contributed by atoms with E-state index >= 15 is 0 Å². The average Bonchev–Trinajstić information content (AvgIpc) is 2.35. The van der Waals surface area contributed by atoms with Crippen LogP contribution < -0.4 is 10.5 Å².